The van der Waals surface area contributed by atoms with Crippen LogP contribution in [0.5, 0.6) is 0 Å². The molecular weight excluding hydrogens is 352 g/mol. The molecule has 154 valence electrons. The van der Waals surface area contributed by atoms with Crippen LogP contribution in [-0.2, 0) is 9.59 Å². The maximum Gasteiger partial charge on any atom is 0.238 e. The number of nitrogens with one attached hydrogen (secondary N) is 1. The fraction of sp³-hybridized carbons (Fsp3) is 0.636. The van der Waals surface area contributed by atoms with Crippen LogP contribution < -0.4 is 10.2 Å². The van der Waals surface area contributed by atoms with Crippen LogP contribution in [0.3, 0.4) is 0 Å². The van der Waals surface area contributed by atoms with Crippen LogP contribution in [0.1, 0.15) is 39.5 Å². The van der Waals surface area contributed by atoms with Crippen molar-refractivity contribution in [3.8, 4) is 0 Å². The second-order valence-electron chi connectivity index (χ2n) is 8.25. The number of benzene rings is 1. The first-order valence-corrected chi connectivity index (χ1v) is 10.7. The van der Waals surface area contributed by atoms with Gasteiger partial charge in [-0.1, -0.05) is 26.7 Å². The number of hydrogen-bond acceptors (Lipinski definition) is 4. The fourth-order valence-corrected chi connectivity index (χ4v) is 3.98. The minimum Gasteiger partial charge on any atom is -0.372 e. The van der Waals surface area contributed by atoms with Crippen LogP contribution in [0.15, 0.2) is 24.3 Å². The molecule has 2 aliphatic heterocycles. The Kier molecular flexibility index (Phi) is 7.31. The van der Waals surface area contributed by atoms with Crippen molar-refractivity contribution < 1.29 is 9.59 Å². The van der Waals surface area contributed by atoms with E-state index in [0.29, 0.717) is 19.6 Å². The van der Waals surface area contributed by atoms with Gasteiger partial charge in [-0.25, -0.2) is 0 Å². The molecule has 0 aromatic heterocycles. The molecule has 0 radical (unpaired) electrons. The van der Waals surface area contributed by atoms with Gasteiger partial charge < -0.3 is 15.1 Å². The summed E-state index contributed by atoms with van der Waals surface area (Å²) in [7, 11) is 0. The van der Waals surface area contributed by atoms with Gasteiger partial charge in [0, 0.05) is 56.6 Å². The molecule has 0 saturated carbocycles. The molecule has 2 aliphatic rings. The number of carbonyl (C=O) groups is 2. The van der Waals surface area contributed by atoms with Gasteiger partial charge in [0.05, 0.1) is 6.54 Å². The summed E-state index contributed by atoms with van der Waals surface area (Å²) in [6.07, 6.45) is 5.16. The standard InChI is InChI=1S/C22H34N4O2/c1-18(2)22(28)26-15-13-24(14-16-26)17-21(27)23-19-7-9-20(10-8-19)25-11-5-3-4-6-12-25/h7-10,18H,3-6,11-17H2,1-2H3,(H,23,27). The van der Waals surface area contributed by atoms with E-state index >= 15 is 0 Å². The SMILES string of the molecule is CC(C)C(=O)N1CCN(CC(=O)Nc2ccc(N3CCCCCC3)cc2)CC1. The van der Waals surface area contributed by atoms with Gasteiger partial charge in [0.2, 0.25) is 11.8 Å². The Morgan fingerprint density at radius 1 is 0.893 bits per heavy atom. The lowest BCUT2D eigenvalue weighted by molar-refractivity contribution is -0.136. The van der Waals surface area contributed by atoms with Crippen LogP contribution in [0.4, 0.5) is 11.4 Å². The zero-order valence-corrected chi connectivity index (χ0v) is 17.3. The molecule has 0 unspecified atom stereocenters. The number of hydrogen-bond donors (Lipinski definition) is 1. The van der Waals surface area contributed by atoms with Crippen molar-refractivity contribution >= 4 is 23.2 Å². The van der Waals surface area contributed by atoms with Crippen LogP contribution in [0.25, 0.3) is 0 Å². The normalized spacial score (nSPS) is 18.8. The van der Waals surface area contributed by atoms with Crippen molar-refractivity contribution in [1.82, 2.24) is 9.80 Å². The zero-order chi connectivity index (χ0) is 19.9. The number of carbonyl (C=O) groups excluding carboxylic acids is 2. The molecule has 0 bridgehead atoms. The van der Waals surface area contributed by atoms with E-state index in [4.69, 9.17) is 0 Å². The third-order valence-electron chi connectivity index (χ3n) is 5.67. The molecule has 0 aliphatic carbocycles. The van der Waals surface area contributed by atoms with E-state index in [9.17, 15) is 9.59 Å². The van der Waals surface area contributed by atoms with E-state index in [2.05, 4.69) is 27.2 Å². The van der Waals surface area contributed by atoms with E-state index in [0.717, 1.165) is 31.9 Å². The topological polar surface area (TPSA) is 55.9 Å². The third-order valence-corrected chi connectivity index (χ3v) is 5.67. The largest absolute Gasteiger partial charge is 0.372 e. The molecule has 6 heteroatoms. The van der Waals surface area contributed by atoms with Crippen molar-refractivity contribution in [3.63, 3.8) is 0 Å². The van der Waals surface area contributed by atoms with Gasteiger partial charge in [-0.05, 0) is 37.1 Å². The molecule has 1 N–H and O–H groups in total. The quantitative estimate of drug-likeness (QED) is 0.845. The first-order chi connectivity index (χ1) is 13.5. The predicted molar refractivity (Wildman–Crippen MR) is 114 cm³/mol. The Morgan fingerprint density at radius 2 is 1.50 bits per heavy atom. The highest BCUT2D eigenvalue weighted by Gasteiger charge is 2.23. The number of anilines is 2. The molecule has 2 fully saturated rings. The van der Waals surface area contributed by atoms with Gasteiger partial charge >= 0.3 is 0 Å². The summed E-state index contributed by atoms with van der Waals surface area (Å²) in [5, 5.41) is 3.00. The van der Waals surface area contributed by atoms with Crippen LogP contribution in [-0.4, -0.2) is 67.4 Å². The molecule has 28 heavy (non-hydrogen) atoms. The second kappa shape index (κ2) is 9.92. The maximum absolute atomic E-state index is 12.4. The van der Waals surface area contributed by atoms with Crippen molar-refractivity contribution in [3.05, 3.63) is 24.3 Å². The molecule has 0 atom stereocenters. The minimum atomic E-state index is 0.00570. The lowest BCUT2D eigenvalue weighted by atomic mass is 10.1. The van der Waals surface area contributed by atoms with Crippen molar-refractivity contribution in [2.75, 3.05) is 56.0 Å². The summed E-state index contributed by atoms with van der Waals surface area (Å²) >= 11 is 0. The summed E-state index contributed by atoms with van der Waals surface area (Å²) < 4.78 is 0. The number of piperazine rings is 1. The Balaban J connectivity index is 1.44. The Bertz CT molecular complexity index is 643. The van der Waals surface area contributed by atoms with Gasteiger partial charge in [0.15, 0.2) is 0 Å². The lowest BCUT2D eigenvalue weighted by Crippen LogP contribution is -2.51. The van der Waals surface area contributed by atoms with Gasteiger partial charge in [0.25, 0.3) is 0 Å². The molecular formula is C22H34N4O2. The first-order valence-electron chi connectivity index (χ1n) is 10.7. The van der Waals surface area contributed by atoms with Crippen LogP contribution in [0, 0.1) is 5.92 Å². The lowest BCUT2D eigenvalue weighted by Gasteiger charge is -2.35. The van der Waals surface area contributed by atoms with Gasteiger partial charge in [-0.15, -0.1) is 0 Å². The molecule has 6 nitrogen and oxygen atoms in total. The van der Waals surface area contributed by atoms with Gasteiger partial charge in [0.1, 0.15) is 0 Å². The molecule has 2 amide bonds. The monoisotopic (exact) mass is 386 g/mol. The molecule has 3 rings (SSSR count). The predicted octanol–water partition coefficient (Wildman–Crippen LogP) is 2.81. The average molecular weight is 387 g/mol. The summed E-state index contributed by atoms with van der Waals surface area (Å²) in [5.41, 5.74) is 2.09. The number of amides is 2. The van der Waals surface area contributed by atoms with E-state index in [1.165, 1.54) is 31.4 Å². The zero-order valence-electron chi connectivity index (χ0n) is 17.3. The molecule has 1 aromatic carbocycles. The minimum absolute atomic E-state index is 0.00570. The Morgan fingerprint density at radius 3 is 2.07 bits per heavy atom. The highest BCUT2D eigenvalue weighted by atomic mass is 16.2. The molecule has 1 aromatic rings. The van der Waals surface area contributed by atoms with Crippen molar-refractivity contribution in [2.24, 2.45) is 5.92 Å². The van der Waals surface area contributed by atoms with Crippen LogP contribution >= 0.6 is 0 Å². The molecule has 2 saturated heterocycles. The van der Waals surface area contributed by atoms with E-state index < -0.39 is 0 Å². The van der Waals surface area contributed by atoms with Crippen molar-refractivity contribution in [2.45, 2.75) is 39.5 Å². The smallest absolute Gasteiger partial charge is 0.238 e. The summed E-state index contributed by atoms with van der Waals surface area (Å²) in [4.78, 5) is 30.9. The van der Waals surface area contributed by atoms with E-state index in [-0.39, 0.29) is 17.7 Å². The summed E-state index contributed by atoms with van der Waals surface area (Å²) in [5.74, 6) is 0.242. The number of rotatable bonds is 5. The number of nitrogens with zero attached hydrogens (tertiary/aromatic N) is 3. The molecule has 2 heterocycles. The highest BCUT2D eigenvalue weighted by Crippen LogP contribution is 2.21. The fourth-order valence-electron chi connectivity index (χ4n) is 3.98. The highest BCUT2D eigenvalue weighted by molar-refractivity contribution is 5.92. The summed E-state index contributed by atoms with van der Waals surface area (Å²) in [6, 6.07) is 8.21. The summed E-state index contributed by atoms with van der Waals surface area (Å²) in [6.45, 7) is 9.38. The first kappa shape index (κ1) is 20.6. The van der Waals surface area contributed by atoms with E-state index in [1.54, 1.807) is 0 Å². The van der Waals surface area contributed by atoms with E-state index in [1.807, 2.05) is 30.9 Å². The van der Waals surface area contributed by atoms with Gasteiger partial charge in [-0.2, -0.15) is 0 Å². The second-order valence-corrected chi connectivity index (χ2v) is 8.25. The Labute approximate surface area is 168 Å². The van der Waals surface area contributed by atoms with Gasteiger partial charge in [-0.3, -0.25) is 14.5 Å². The Hall–Kier alpha value is -2.08. The van der Waals surface area contributed by atoms with Crippen LogP contribution in [0.2, 0.25) is 0 Å². The van der Waals surface area contributed by atoms with Crippen molar-refractivity contribution in [1.29, 1.82) is 0 Å². The molecule has 0 spiro atoms. The maximum atomic E-state index is 12.4. The average Bonchev–Trinajstić information content (AvgIpc) is 2.98. The third kappa shape index (κ3) is 5.71.